The fourth-order valence-electron chi connectivity index (χ4n) is 2.42. The second-order valence-corrected chi connectivity index (χ2v) is 5.05. The third kappa shape index (κ3) is 3.30. The minimum Gasteiger partial charge on any atom is -0.445 e. The highest BCUT2D eigenvalue weighted by atomic mass is 16.4. The average Bonchev–Trinajstić information content (AvgIpc) is 2.77. The Morgan fingerprint density at radius 3 is 2.82 bits per heavy atom. The van der Waals surface area contributed by atoms with Crippen molar-refractivity contribution in [2.45, 2.75) is 45.1 Å². The molecule has 0 bridgehead atoms. The molecule has 2 heterocycles. The maximum Gasteiger partial charge on any atom is 0.197 e. The topological polar surface area (TPSA) is 55.3 Å². The molecule has 1 aliphatic heterocycles. The van der Waals surface area contributed by atoms with E-state index in [1.54, 1.807) is 0 Å². The molecule has 0 spiro atoms. The van der Waals surface area contributed by atoms with Gasteiger partial charge >= 0.3 is 0 Å². The predicted molar refractivity (Wildman–Crippen MR) is 67.9 cm³/mol. The number of piperidine rings is 1. The zero-order valence-electron chi connectivity index (χ0n) is 10.9. The van der Waals surface area contributed by atoms with Gasteiger partial charge in [0.15, 0.2) is 5.89 Å². The second-order valence-electron chi connectivity index (χ2n) is 5.05. The van der Waals surface area contributed by atoms with Crippen molar-refractivity contribution in [1.82, 2.24) is 9.88 Å². The van der Waals surface area contributed by atoms with Crippen molar-refractivity contribution in [3.05, 3.63) is 17.8 Å². The van der Waals surface area contributed by atoms with Crippen LogP contribution in [0.5, 0.6) is 0 Å². The van der Waals surface area contributed by atoms with E-state index in [0.717, 1.165) is 50.5 Å². The molecule has 0 aromatic carbocycles. The lowest BCUT2D eigenvalue weighted by molar-refractivity contribution is 0.207. The summed E-state index contributed by atoms with van der Waals surface area (Å²) in [6.45, 7) is 7.67. The summed E-state index contributed by atoms with van der Waals surface area (Å²) >= 11 is 0. The SMILES string of the molecule is CCN1CCC(c2ncc(CC(C)N)o2)CC1. The zero-order chi connectivity index (χ0) is 12.3. The molecule has 0 amide bonds. The van der Waals surface area contributed by atoms with Gasteiger partial charge in [0.2, 0.25) is 0 Å². The maximum atomic E-state index is 5.79. The quantitative estimate of drug-likeness (QED) is 0.867. The van der Waals surface area contributed by atoms with Crippen LogP contribution < -0.4 is 5.73 Å². The highest BCUT2D eigenvalue weighted by Gasteiger charge is 2.23. The Labute approximate surface area is 103 Å². The normalized spacial score (nSPS) is 20.6. The number of likely N-dealkylation sites (tertiary alicyclic amines) is 1. The fraction of sp³-hybridized carbons (Fsp3) is 0.769. The monoisotopic (exact) mass is 237 g/mol. The van der Waals surface area contributed by atoms with Crippen LogP contribution in [-0.2, 0) is 6.42 Å². The largest absolute Gasteiger partial charge is 0.445 e. The molecule has 1 fully saturated rings. The summed E-state index contributed by atoms with van der Waals surface area (Å²) in [5.41, 5.74) is 5.75. The van der Waals surface area contributed by atoms with Gasteiger partial charge in [-0.25, -0.2) is 4.98 Å². The first-order valence-electron chi connectivity index (χ1n) is 6.61. The number of oxazole rings is 1. The van der Waals surface area contributed by atoms with Gasteiger partial charge in [-0.3, -0.25) is 0 Å². The lowest BCUT2D eigenvalue weighted by atomic mass is 9.97. The molecular formula is C13H23N3O. The van der Waals surface area contributed by atoms with Crippen LogP contribution in [0.4, 0.5) is 0 Å². The van der Waals surface area contributed by atoms with Crippen molar-refractivity contribution in [3.8, 4) is 0 Å². The van der Waals surface area contributed by atoms with E-state index < -0.39 is 0 Å². The van der Waals surface area contributed by atoms with Gasteiger partial charge in [-0.05, 0) is 39.4 Å². The Morgan fingerprint density at radius 2 is 2.24 bits per heavy atom. The van der Waals surface area contributed by atoms with E-state index in [4.69, 9.17) is 10.2 Å². The summed E-state index contributed by atoms with van der Waals surface area (Å²) in [5, 5.41) is 0. The van der Waals surface area contributed by atoms with Crippen molar-refractivity contribution in [3.63, 3.8) is 0 Å². The van der Waals surface area contributed by atoms with Gasteiger partial charge in [0.25, 0.3) is 0 Å². The van der Waals surface area contributed by atoms with Crippen LogP contribution in [0.1, 0.15) is 44.3 Å². The van der Waals surface area contributed by atoms with Crippen LogP contribution >= 0.6 is 0 Å². The standard InChI is InChI=1S/C13H23N3O/c1-3-16-6-4-11(5-7-16)13-15-9-12(17-13)8-10(2)14/h9-11H,3-8,14H2,1-2H3. The van der Waals surface area contributed by atoms with Gasteiger partial charge in [0.1, 0.15) is 5.76 Å². The lowest BCUT2D eigenvalue weighted by Gasteiger charge is -2.29. The Morgan fingerprint density at radius 1 is 1.53 bits per heavy atom. The molecule has 1 saturated heterocycles. The summed E-state index contributed by atoms with van der Waals surface area (Å²) in [6, 6.07) is 0.137. The molecule has 96 valence electrons. The fourth-order valence-corrected chi connectivity index (χ4v) is 2.42. The summed E-state index contributed by atoms with van der Waals surface area (Å²) in [4.78, 5) is 6.88. The molecule has 2 rings (SSSR count). The van der Waals surface area contributed by atoms with Crippen LogP contribution in [0.25, 0.3) is 0 Å². The van der Waals surface area contributed by atoms with Gasteiger partial charge in [-0.15, -0.1) is 0 Å². The molecule has 4 nitrogen and oxygen atoms in total. The van der Waals surface area contributed by atoms with Crippen molar-refractivity contribution in [1.29, 1.82) is 0 Å². The number of nitrogens with zero attached hydrogens (tertiary/aromatic N) is 2. The molecular weight excluding hydrogens is 214 g/mol. The van der Waals surface area contributed by atoms with E-state index in [9.17, 15) is 0 Å². The minimum atomic E-state index is 0.137. The molecule has 0 aliphatic carbocycles. The third-order valence-electron chi connectivity index (χ3n) is 3.48. The average molecular weight is 237 g/mol. The lowest BCUT2D eigenvalue weighted by Crippen LogP contribution is -2.32. The van der Waals surface area contributed by atoms with Crippen molar-refractivity contribution in [2.24, 2.45) is 5.73 Å². The first kappa shape index (κ1) is 12.6. The summed E-state index contributed by atoms with van der Waals surface area (Å²) in [5.74, 6) is 2.34. The van der Waals surface area contributed by atoms with Gasteiger partial charge in [0, 0.05) is 18.4 Å². The molecule has 4 heteroatoms. The Kier molecular flexibility index (Phi) is 4.18. The van der Waals surface area contributed by atoms with Crippen molar-refractivity contribution in [2.75, 3.05) is 19.6 Å². The molecule has 17 heavy (non-hydrogen) atoms. The highest BCUT2D eigenvalue weighted by molar-refractivity contribution is 5.01. The van der Waals surface area contributed by atoms with Crippen molar-refractivity contribution >= 4 is 0 Å². The molecule has 1 atom stereocenters. The van der Waals surface area contributed by atoms with Gasteiger partial charge < -0.3 is 15.1 Å². The third-order valence-corrected chi connectivity index (χ3v) is 3.48. The van der Waals surface area contributed by atoms with Gasteiger partial charge in [-0.2, -0.15) is 0 Å². The molecule has 1 aliphatic rings. The maximum absolute atomic E-state index is 5.79. The number of rotatable bonds is 4. The second kappa shape index (κ2) is 5.65. The number of aromatic nitrogens is 1. The van der Waals surface area contributed by atoms with Gasteiger partial charge in [-0.1, -0.05) is 6.92 Å². The van der Waals surface area contributed by atoms with Crippen LogP contribution in [0, 0.1) is 0 Å². The van der Waals surface area contributed by atoms with E-state index in [-0.39, 0.29) is 6.04 Å². The number of hydrogen-bond donors (Lipinski definition) is 1. The smallest absolute Gasteiger partial charge is 0.197 e. The van der Waals surface area contributed by atoms with E-state index in [1.165, 1.54) is 0 Å². The summed E-state index contributed by atoms with van der Waals surface area (Å²) in [6.07, 6.45) is 4.93. The van der Waals surface area contributed by atoms with Gasteiger partial charge in [0.05, 0.1) is 6.20 Å². The molecule has 1 aromatic rings. The Balaban J connectivity index is 1.92. The van der Waals surface area contributed by atoms with Crippen LogP contribution in [0.15, 0.2) is 10.6 Å². The summed E-state index contributed by atoms with van der Waals surface area (Å²) in [7, 11) is 0. The number of hydrogen-bond acceptors (Lipinski definition) is 4. The molecule has 2 N–H and O–H groups in total. The molecule has 0 saturated carbocycles. The van der Waals surface area contributed by atoms with Crippen LogP contribution in [0.3, 0.4) is 0 Å². The predicted octanol–water partition coefficient (Wildman–Crippen LogP) is 1.76. The first-order valence-corrected chi connectivity index (χ1v) is 6.61. The molecule has 1 unspecified atom stereocenters. The van der Waals surface area contributed by atoms with E-state index in [2.05, 4.69) is 16.8 Å². The van der Waals surface area contributed by atoms with E-state index in [1.807, 2.05) is 13.1 Å². The Bertz CT molecular complexity index is 340. The zero-order valence-corrected chi connectivity index (χ0v) is 10.9. The highest BCUT2D eigenvalue weighted by Crippen LogP contribution is 2.27. The van der Waals surface area contributed by atoms with E-state index >= 15 is 0 Å². The Hall–Kier alpha value is -0.870. The van der Waals surface area contributed by atoms with Crippen molar-refractivity contribution < 1.29 is 4.42 Å². The summed E-state index contributed by atoms with van der Waals surface area (Å²) < 4.78 is 5.79. The number of nitrogens with two attached hydrogens (primary N) is 1. The molecule has 1 aromatic heterocycles. The first-order chi connectivity index (χ1) is 8.19. The van der Waals surface area contributed by atoms with E-state index in [0.29, 0.717) is 5.92 Å². The molecule has 0 radical (unpaired) electrons. The minimum absolute atomic E-state index is 0.137. The van der Waals surface area contributed by atoms with Crippen LogP contribution in [-0.4, -0.2) is 35.6 Å². The van der Waals surface area contributed by atoms with Crippen LogP contribution in [0.2, 0.25) is 0 Å².